The van der Waals surface area contributed by atoms with Crippen LogP contribution < -0.4 is 10.6 Å². The molecular weight excluding hydrogens is 286 g/mol. The molecule has 0 atom stereocenters. The van der Waals surface area contributed by atoms with Crippen LogP contribution in [0.4, 0.5) is 10.9 Å². The van der Waals surface area contributed by atoms with Gasteiger partial charge in [-0.2, -0.15) is 0 Å². The predicted octanol–water partition coefficient (Wildman–Crippen LogP) is 1.60. The van der Waals surface area contributed by atoms with Crippen molar-refractivity contribution in [1.82, 2.24) is 14.8 Å². The van der Waals surface area contributed by atoms with E-state index in [9.17, 15) is 4.79 Å². The average molecular weight is 313 g/mol. The van der Waals surface area contributed by atoms with Gasteiger partial charge in [0.25, 0.3) is 5.91 Å². The summed E-state index contributed by atoms with van der Waals surface area (Å²) in [4.78, 5) is 23.4. The van der Waals surface area contributed by atoms with E-state index in [0.29, 0.717) is 17.2 Å². The van der Waals surface area contributed by atoms with E-state index in [1.54, 1.807) is 0 Å². The number of hydrogen-bond acceptors (Lipinski definition) is 6. The average Bonchev–Trinajstić information content (AvgIpc) is 2.83. The first kappa shape index (κ1) is 17.7. The van der Waals surface area contributed by atoms with Crippen molar-refractivity contribution < 1.29 is 4.79 Å². The molecule has 0 radical (unpaired) electrons. The molecule has 1 aromatic heterocycles. The highest BCUT2D eigenvalue weighted by Gasteiger charge is 2.22. The summed E-state index contributed by atoms with van der Waals surface area (Å²) in [5.41, 5.74) is 5.94. The van der Waals surface area contributed by atoms with Crippen LogP contribution in [0.3, 0.4) is 0 Å². The highest BCUT2D eigenvalue weighted by Crippen LogP contribution is 2.28. The second kappa shape index (κ2) is 8.19. The molecule has 21 heavy (non-hydrogen) atoms. The zero-order chi connectivity index (χ0) is 16.0. The Kier molecular flexibility index (Phi) is 6.91. The van der Waals surface area contributed by atoms with E-state index in [1.807, 2.05) is 37.9 Å². The number of carbonyl (C=O) groups is 1. The summed E-state index contributed by atoms with van der Waals surface area (Å²) >= 11 is 1.37. The number of aromatic nitrogens is 1. The monoisotopic (exact) mass is 313 g/mol. The number of thiazole rings is 1. The van der Waals surface area contributed by atoms with Gasteiger partial charge < -0.3 is 20.4 Å². The molecule has 0 saturated carbocycles. The van der Waals surface area contributed by atoms with Crippen LogP contribution in [0.2, 0.25) is 0 Å². The predicted molar refractivity (Wildman–Crippen MR) is 90.2 cm³/mol. The van der Waals surface area contributed by atoms with E-state index in [0.717, 1.165) is 31.2 Å². The van der Waals surface area contributed by atoms with E-state index in [-0.39, 0.29) is 5.91 Å². The fourth-order valence-corrected chi connectivity index (χ4v) is 2.80. The normalized spacial score (nSPS) is 11.0. The molecular formula is C14H27N5OS. The maximum absolute atomic E-state index is 12.7. The molecule has 0 saturated heterocycles. The Balaban J connectivity index is 2.89. The molecule has 0 aliphatic heterocycles. The Morgan fingerprint density at radius 1 is 1.19 bits per heavy atom. The minimum absolute atomic E-state index is 0.00977. The van der Waals surface area contributed by atoms with Crippen molar-refractivity contribution in [3.63, 3.8) is 0 Å². The first-order chi connectivity index (χ1) is 9.90. The van der Waals surface area contributed by atoms with Crippen LogP contribution in [0.5, 0.6) is 0 Å². The van der Waals surface area contributed by atoms with E-state index in [4.69, 9.17) is 5.73 Å². The third-order valence-electron chi connectivity index (χ3n) is 3.24. The van der Waals surface area contributed by atoms with Crippen molar-refractivity contribution in [2.24, 2.45) is 0 Å². The van der Waals surface area contributed by atoms with Crippen LogP contribution >= 0.6 is 11.3 Å². The van der Waals surface area contributed by atoms with Gasteiger partial charge >= 0.3 is 0 Å². The van der Waals surface area contributed by atoms with Gasteiger partial charge in [-0.25, -0.2) is 4.98 Å². The first-order valence-corrected chi connectivity index (χ1v) is 8.13. The molecule has 0 aromatic carbocycles. The van der Waals surface area contributed by atoms with Crippen molar-refractivity contribution in [3.05, 3.63) is 4.88 Å². The number of rotatable bonds is 8. The number of nitrogen functional groups attached to an aromatic ring is 1. The summed E-state index contributed by atoms with van der Waals surface area (Å²) < 4.78 is 0. The van der Waals surface area contributed by atoms with Gasteiger partial charge in [0, 0.05) is 33.2 Å². The highest BCUT2D eigenvalue weighted by atomic mass is 32.1. The Morgan fingerprint density at radius 2 is 1.86 bits per heavy atom. The third kappa shape index (κ3) is 4.86. The van der Waals surface area contributed by atoms with E-state index in [2.05, 4.69) is 16.8 Å². The second-order valence-corrected chi connectivity index (χ2v) is 6.30. The van der Waals surface area contributed by atoms with Gasteiger partial charge in [-0.05, 0) is 27.4 Å². The van der Waals surface area contributed by atoms with Crippen molar-refractivity contribution in [1.29, 1.82) is 0 Å². The second-order valence-electron chi connectivity index (χ2n) is 5.32. The molecule has 2 N–H and O–H groups in total. The Morgan fingerprint density at radius 3 is 2.38 bits per heavy atom. The number of hydrogen-bond donors (Lipinski definition) is 1. The van der Waals surface area contributed by atoms with Gasteiger partial charge in [-0.1, -0.05) is 18.3 Å². The van der Waals surface area contributed by atoms with Gasteiger partial charge in [0.2, 0.25) is 0 Å². The van der Waals surface area contributed by atoms with Crippen molar-refractivity contribution in [2.75, 3.05) is 58.0 Å². The molecule has 1 amide bonds. The van der Waals surface area contributed by atoms with Crippen LogP contribution in [0.15, 0.2) is 0 Å². The summed E-state index contributed by atoms with van der Waals surface area (Å²) in [5.74, 6) is 0.329. The number of amides is 1. The molecule has 0 bridgehead atoms. The zero-order valence-electron chi connectivity index (χ0n) is 13.7. The molecule has 6 nitrogen and oxygen atoms in total. The van der Waals surface area contributed by atoms with E-state index >= 15 is 0 Å². The lowest BCUT2D eigenvalue weighted by molar-refractivity contribution is 0.0750. The summed E-state index contributed by atoms with van der Waals surface area (Å²) in [6, 6.07) is 0. The molecule has 0 spiro atoms. The Bertz CT molecular complexity index is 460. The lowest BCUT2D eigenvalue weighted by atomic mass is 10.3. The number of nitrogens with zero attached hydrogens (tertiary/aromatic N) is 4. The molecule has 1 rings (SSSR count). The SMILES string of the molecule is CCCN(CCN(C)C)C(=O)c1sc(N(C)CC)nc1N. The van der Waals surface area contributed by atoms with Crippen LogP contribution in [0.1, 0.15) is 29.9 Å². The van der Waals surface area contributed by atoms with Crippen LogP contribution in [0, 0.1) is 0 Å². The molecule has 1 aromatic rings. The molecule has 7 heteroatoms. The van der Waals surface area contributed by atoms with Gasteiger partial charge in [0.05, 0.1) is 0 Å². The lowest BCUT2D eigenvalue weighted by Crippen LogP contribution is -2.37. The first-order valence-electron chi connectivity index (χ1n) is 7.32. The van der Waals surface area contributed by atoms with Crippen molar-refractivity contribution in [2.45, 2.75) is 20.3 Å². The van der Waals surface area contributed by atoms with Crippen LogP contribution in [-0.2, 0) is 0 Å². The van der Waals surface area contributed by atoms with Gasteiger partial charge in [0.1, 0.15) is 10.7 Å². The van der Waals surface area contributed by atoms with Crippen LogP contribution in [0.25, 0.3) is 0 Å². The van der Waals surface area contributed by atoms with Gasteiger partial charge in [0.15, 0.2) is 5.13 Å². The summed E-state index contributed by atoms with van der Waals surface area (Å²) in [5, 5.41) is 0.794. The maximum atomic E-state index is 12.7. The highest BCUT2D eigenvalue weighted by molar-refractivity contribution is 7.18. The van der Waals surface area contributed by atoms with Crippen molar-refractivity contribution in [3.8, 4) is 0 Å². The lowest BCUT2D eigenvalue weighted by Gasteiger charge is -2.23. The molecule has 0 unspecified atom stereocenters. The molecule has 0 aliphatic carbocycles. The fraction of sp³-hybridized carbons (Fsp3) is 0.714. The molecule has 1 heterocycles. The maximum Gasteiger partial charge on any atom is 0.267 e. The van der Waals surface area contributed by atoms with E-state index < -0.39 is 0 Å². The fourth-order valence-electron chi connectivity index (χ4n) is 1.82. The minimum atomic E-state index is -0.00977. The van der Waals surface area contributed by atoms with E-state index in [1.165, 1.54) is 11.3 Å². The summed E-state index contributed by atoms with van der Waals surface area (Å²) in [6.07, 6.45) is 0.930. The number of nitrogens with two attached hydrogens (primary N) is 1. The van der Waals surface area contributed by atoms with Gasteiger partial charge in [-0.3, -0.25) is 4.79 Å². The summed E-state index contributed by atoms with van der Waals surface area (Å²) in [6.45, 7) is 7.23. The van der Waals surface area contributed by atoms with Crippen LogP contribution in [-0.4, -0.2) is 68.0 Å². The topological polar surface area (TPSA) is 65.7 Å². The Hall–Kier alpha value is -1.34. The standard InChI is InChI=1S/C14H27N5OS/c1-6-8-19(10-9-17(3)4)13(20)11-12(15)16-14(21-11)18(5)7-2/h6-10,15H2,1-5H3. The molecule has 120 valence electrons. The van der Waals surface area contributed by atoms with Crippen molar-refractivity contribution >= 4 is 28.2 Å². The summed E-state index contributed by atoms with van der Waals surface area (Å²) in [7, 11) is 5.95. The third-order valence-corrected chi connectivity index (χ3v) is 4.41. The van der Waals surface area contributed by atoms with Gasteiger partial charge in [-0.15, -0.1) is 0 Å². The number of likely N-dealkylation sites (N-methyl/N-ethyl adjacent to an activating group) is 1. The Labute approximate surface area is 131 Å². The molecule has 0 fully saturated rings. The largest absolute Gasteiger partial charge is 0.382 e. The number of carbonyl (C=O) groups excluding carboxylic acids is 1. The molecule has 0 aliphatic rings. The smallest absolute Gasteiger partial charge is 0.267 e. The minimum Gasteiger partial charge on any atom is -0.382 e. The zero-order valence-corrected chi connectivity index (χ0v) is 14.5. The number of anilines is 2. The quantitative estimate of drug-likeness (QED) is 0.789.